The summed E-state index contributed by atoms with van der Waals surface area (Å²) in [6.07, 6.45) is 3.50. The van der Waals surface area contributed by atoms with Gasteiger partial charge in [0.2, 0.25) is 0 Å². The van der Waals surface area contributed by atoms with Gasteiger partial charge >= 0.3 is 0 Å². The third kappa shape index (κ3) is 3.40. The number of hydrazone groups is 1. The quantitative estimate of drug-likeness (QED) is 0.521. The van der Waals surface area contributed by atoms with Crippen LogP contribution in [0.5, 0.6) is 0 Å². The van der Waals surface area contributed by atoms with Crippen LogP contribution in [0.4, 0.5) is 5.69 Å². The average molecular weight is 361 g/mol. The molecule has 0 unspecified atom stereocenters. The Labute approximate surface area is 135 Å². The molecule has 1 N–H and O–H groups in total. The summed E-state index contributed by atoms with van der Waals surface area (Å²) in [5.74, 6) is 0. The van der Waals surface area contributed by atoms with Gasteiger partial charge in [-0.25, -0.2) is 0 Å². The SMILES string of the molecule is Clc1ccc2c(NN=Cc3ccc(Br)cc3)ccnc2c1. The molecule has 0 saturated heterocycles. The number of nitrogens with one attached hydrogen (secondary N) is 1. The van der Waals surface area contributed by atoms with Gasteiger partial charge in [-0.1, -0.05) is 39.7 Å². The Kier molecular flexibility index (Phi) is 4.18. The topological polar surface area (TPSA) is 37.3 Å². The van der Waals surface area contributed by atoms with E-state index >= 15 is 0 Å². The molecule has 1 heterocycles. The van der Waals surface area contributed by atoms with Crippen molar-refractivity contribution in [3.63, 3.8) is 0 Å². The fraction of sp³-hybridized carbons (Fsp3) is 0. The second kappa shape index (κ2) is 6.24. The Morgan fingerprint density at radius 3 is 2.71 bits per heavy atom. The maximum absolute atomic E-state index is 5.97. The number of aromatic nitrogens is 1. The van der Waals surface area contributed by atoms with E-state index in [2.05, 4.69) is 31.4 Å². The molecule has 2 aromatic carbocycles. The first-order chi connectivity index (χ1) is 10.2. The highest BCUT2D eigenvalue weighted by molar-refractivity contribution is 9.10. The number of halogens is 2. The minimum absolute atomic E-state index is 0.672. The third-order valence-electron chi connectivity index (χ3n) is 2.97. The number of nitrogens with zero attached hydrogens (tertiary/aromatic N) is 2. The van der Waals surface area contributed by atoms with Crippen LogP contribution < -0.4 is 5.43 Å². The Morgan fingerprint density at radius 1 is 1.10 bits per heavy atom. The van der Waals surface area contributed by atoms with Gasteiger partial charge in [0.1, 0.15) is 0 Å². The van der Waals surface area contributed by atoms with Crippen molar-refractivity contribution >= 4 is 50.3 Å². The highest BCUT2D eigenvalue weighted by atomic mass is 79.9. The van der Waals surface area contributed by atoms with Crippen molar-refractivity contribution in [2.24, 2.45) is 5.10 Å². The molecule has 1 aromatic heterocycles. The first-order valence-corrected chi connectivity index (χ1v) is 7.48. The highest BCUT2D eigenvalue weighted by Crippen LogP contribution is 2.24. The van der Waals surface area contributed by atoms with E-state index in [1.165, 1.54) is 0 Å². The van der Waals surface area contributed by atoms with E-state index in [0.717, 1.165) is 26.6 Å². The molecule has 0 atom stereocenters. The summed E-state index contributed by atoms with van der Waals surface area (Å²) in [6.45, 7) is 0. The smallest absolute Gasteiger partial charge is 0.0738 e. The van der Waals surface area contributed by atoms with Gasteiger partial charge in [0.05, 0.1) is 17.4 Å². The van der Waals surface area contributed by atoms with Crippen LogP contribution >= 0.6 is 27.5 Å². The number of hydrogen-bond acceptors (Lipinski definition) is 3. The van der Waals surface area contributed by atoms with E-state index in [1.807, 2.05) is 48.5 Å². The standard InChI is InChI=1S/C16H11BrClN3/c17-12-3-1-11(2-4-12)10-20-21-15-7-8-19-16-9-13(18)5-6-14(15)16/h1-10H,(H,19,21). The fourth-order valence-corrected chi connectivity index (χ4v) is 2.37. The monoisotopic (exact) mass is 359 g/mol. The van der Waals surface area contributed by atoms with Crippen molar-refractivity contribution in [3.05, 3.63) is 69.8 Å². The van der Waals surface area contributed by atoms with Gasteiger partial charge in [-0.3, -0.25) is 10.4 Å². The molecular formula is C16H11BrClN3. The molecule has 3 aromatic rings. The molecule has 3 nitrogen and oxygen atoms in total. The van der Waals surface area contributed by atoms with Crippen LogP contribution in [0.3, 0.4) is 0 Å². The zero-order valence-electron chi connectivity index (χ0n) is 10.9. The summed E-state index contributed by atoms with van der Waals surface area (Å²) in [6, 6.07) is 15.4. The summed E-state index contributed by atoms with van der Waals surface area (Å²) >= 11 is 9.38. The maximum atomic E-state index is 5.97. The van der Waals surface area contributed by atoms with Gasteiger partial charge in [0.15, 0.2) is 0 Å². The molecule has 5 heteroatoms. The van der Waals surface area contributed by atoms with Crippen LogP contribution in [0.1, 0.15) is 5.56 Å². The molecular weight excluding hydrogens is 350 g/mol. The van der Waals surface area contributed by atoms with E-state index in [0.29, 0.717) is 5.02 Å². The largest absolute Gasteiger partial charge is 0.278 e. The van der Waals surface area contributed by atoms with Crippen LogP contribution in [0, 0.1) is 0 Å². The van der Waals surface area contributed by atoms with Gasteiger partial charge in [-0.15, -0.1) is 0 Å². The van der Waals surface area contributed by atoms with Crippen molar-refractivity contribution in [1.82, 2.24) is 4.98 Å². The molecule has 0 aliphatic rings. The molecule has 104 valence electrons. The van der Waals surface area contributed by atoms with E-state index < -0.39 is 0 Å². The number of hydrogen-bond donors (Lipinski definition) is 1. The lowest BCUT2D eigenvalue weighted by Gasteiger charge is -2.05. The zero-order valence-corrected chi connectivity index (χ0v) is 13.3. The molecule has 0 saturated carbocycles. The Balaban J connectivity index is 1.83. The van der Waals surface area contributed by atoms with E-state index in [9.17, 15) is 0 Å². The van der Waals surface area contributed by atoms with Gasteiger partial charge in [-0.2, -0.15) is 5.10 Å². The van der Waals surface area contributed by atoms with Crippen molar-refractivity contribution < 1.29 is 0 Å². The Morgan fingerprint density at radius 2 is 1.90 bits per heavy atom. The van der Waals surface area contributed by atoms with Crippen molar-refractivity contribution in [2.75, 3.05) is 5.43 Å². The molecule has 0 fully saturated rings. The second-order valence-corrected chi connectivity index (χ2v) is 5.79. The average Bonchev–Trinajstić information content (AvgIpc) is 2.49. The highest BCUT2D eigenvalue weighted by Gasteiger charge is 2.01. The first kappa shape index (κ1) is 14.0. The van der Waals surface area contributed by atoms with Crippen molar-refractivity contribution in [3.8, 4) is 0 Å². The van der Waals surface area contributed by atoms with Gasteiger partial charge in [0, 0.05) is 21.1 Å². The molecule has 0 aliphatic carbocycles. The minimum atomic E-state index is 0.672. The van der Waals surface area contributed by atoms with Crippen LogP contribution in [0.2, 0.25) is 5.02 Å². The number of benzene rings is 2. The van der Waals surface area contributed by atoms with Gasteiger partial charge in [-0.05, 0) is 42.0 Å². The lowest BCUT2D eigenvalue weighted by Crippen LogP contribution is -1.92. The van der Waals surface area contributed by atoms with Crippen molar-refractivity contribution in [2.45, 2.75) is 0 Å². The number of rotatable bonds is 3. The molecule has 0 radical (unpaired) electrons. The molecule has 0 bridgehead atoms. The summed E-state index contributed by atoms with van der Waals surface area (Å²) in [7, 11) is 0. The van der Waals surface area contributed by atoms with E-state index in [-0.39, 0.29) is 0 Å². The van der Waals surface area contributed by atoms with Crippen molar-refractivity contribution in [1.29, 1.82) is 0 Å². The molecule has 3 rings (SSSR count). The van der Waals surface area contributed by atoms with Crippen LogP contribution in [0.25, 0.3) is 10.9 Å². The molecule has 0 aliphatic heterocycles. The first-order valence-electron chi connectivity index (χ1n) is 6.31. The molecule has 0 spiro atoms. The molecule has 21 heavy (non-hydrogen) atoms. The minimum Gasteiger partial charge on any atom is -0.278 e. The fourth-order valence-electron chi connectivity index (χ4n) is 1.94. The normalized spacial score (nSPS) is 11.1. The van der Waals surface area contributed by atoms with Gasteiger partial charge in [0.25, 0.3) is 0 Å². The second-order valence-electron chi connectivity index (χ2n) is 4.44. The van der Waals surface area contributed by atoms with Crippen LogP contribution in [-0.4, -0.2) is 11.2 Å². The van der Waals surface area contributed by atoms with Gasteiger partial charge < -0.3 is 0 Å². The lowest BCUT2D eigenvalue weighted by atomic mass is 10.2. The number of fused-ring (bicyclic) bond motifs is 1. The van der Waals surface area contributed by atoms with Crippen LogP contribution in [-0.2, 0) is 0 Å². The Hall–Kier alpha value is -1.91. The van der Waals surface area contributed by atoms with E-state index in [1.54, 1.807) is 12.4 Å². The number of pyridine rings is 1. The summed E-state index contributed by atoms with van der Waals surface area (Å²) in [5.41, 5.74) is 5.80. The maximum Gasteiger partial charge on any atom is 0.0738 e. The number of anilines is 1. The Bertz CT molecular complexity index is 800. The lowest BCUT2D eigenvalue weighted by molar-refractivity contribution is 1.33. The summed E-state index contributed by atoms with van der Waals surface area (Å²) in [5, 5.41) is 5.92. The third-order valence-corrected chi connectivity index (χ3v) is 3.74. The summed E-state index contributed by atoms with van der Waals surface area (Å²) in [4.78, 5) is 4.30. The predicted octanol–water partition coefficient (Wildman–Crippen LogP) is 5.10. The van der Waals surface area contributed by atoms with Crippen LogP contribution in [0.15, 0.2) is 64.3 Å². The zero-order chi connectivity index (χ0) is 14.7. The predicted molar refractivity (Wildman–Crippen MR) is 92.1 cm³/mol. The molecule has 0 amide bonds. The summed E-state index contributed by atoms with van der Waals surface area (Å²) < 4.78 is 1.05. The van der Waals surface area contributed by atoms with E-state index in [4.69, 9.17) is 11.6 Å².